The molecule has 4 heteroatoms. The van der Waals surface area contributed by atoms with E-state index in [0.717, 1.165) is 43.1 Å². The molecule has 0 fully saturated rings. The fourth-order valence-corrected chi connectivity index (χ4v) is 2.43. The highest BCUT2D eigenvalue weighted by Gasteiger charge is 2.26. The third-order valence-corrected chi connectivity index (χ3v) is 3.57. The van der Waals surface area contributed by atoms with Crippen molar-refractivity contribution in [1.29, 1.82) is 0 Å². The van der Waals surface area contributed by atoms with Gasteiger partial charge in [-0.3, -0.25) is 4.79 Å². The first-order chi connectivity index (χ1) is 8.65. The van der Waals surface area contributed by atoms with E-state index in [1.807, 2.05) is 23.1 Å². The van der Waals surface area contributed by atoms with Crippen LogP contribution in [0.1, 0.15) is 19.4 Å². The molecule has 0 aromatic heterocycles. The summed E-state index contributed by atoms with van der Waals surface area (Å²) in [4.78, 5) is 16.2. The number of fused-ring (bicyclic) bond motifs is 1. The molecule has 0 saturated heterocycles. The van der Waals surface area contributed by atoms with E-state index in [4.69, 9.17) is 5.73 Å². The number of carbonyl (C=O) groups excluding carboxylic acids is 1. The number of nitrogen functional groups attached to an aromatic ring is 1. The molecule has 0 radical (unpaired) electrons. The minimum Gasteiger partial charge on any atom is -0.399 e. The average Bonchev–Trinajstić information content (AvgIpc) is 2.66. The van der Waals surface area contributed by atoms with Crippen LogP contribution in [-0.2, 0) is 11.2 Å². The summed E-state index contributed by atoms with van der Waals surface area (Å²) in [7, 11) is 0. The molecule has 0 aliphatic carbocycles. The molecule has 0 saturated carbocycles. The SMILES string of the molecule is CCN(CC)CCN1C(=O)Cc2cc(N)ccc21. The van der Waals surface area contributed by atoms with Crippen LogP contribution in [-0.4, -0.2) is 37.0 Å². The van der Waals surface area contributed by atoms with Gasteiger partial charge in [0.15, 0.2) is 0 Å². The summed E-state index contributed by atoms with van der Waals surface area (Å²) < 4.78 is 0. The van der Waals surface area contributed by atoms with Crippen molar-refractivity contribution in [2.75, 3.05) is 36.8 Å². The molecule has 1 aromatic rings. The Labute approximate surface area is 108 Å². The zero-order valence-electron chi connectivity index (χ0n) is 11.1. The standard InChI is InChI=1S/C14H21N3O/c1-3-16(4-2)7-8-17-13-6-5-12(15)9-11(13)10-14(17)18/h5-6,9H,3-4,7-8,10,15H2,1-2H3. The van der Waals surface area contributed by atoms with Gasteiger partial charge < -0.3 is 15.5 Å². The van der Waals surface area contributed by atoms with E-state index < -0.39 is 0 Å². The van der Waals surface area contributed by atoms with Crippen LogP contribution in [0.5, 0.6) is 0 Å². The fourth-order valence-electron chi connectivity index (χ4n) is 2.43. The monoisotopic (exact) mass is 247 g/mol. The molecular weight excluding hydrogens is 226 g/mol. The van der Waals surface area contributed by atoms with Gasteiger partial charge in [-0.05, 0) is 36.9 Å². The van der Waals surface area contributed by atoms with Crippen LogP contribution in [0.4, 0.5) is 11.4 Å². The lowest BCUT2D eigenvalue weighted by atomic mass is 10.1. The summed E-state index contributed by atoms with van der Waals surface area (Å²) in [5.41, 5.74) is 8.56. The number of nitrogens with two attached hydrogens (primary N) is 1. The van der Waals surface area contributed by atoms with Crippen molar-refractivity contribution < 1.29 is 4.79 Å². The minimum atomic E-state index is 0.183. The first-order valence-corrected chi connectivity index (χ1v) is 6.56. The van der Waals surface area contributed by atoms with Gasteiger partial charge in [0.2, 0.25) is 5.91 Å². The molecule has 1 aromatic carbocycles. The summed E-state index contributed by atoms with van der Waals surface area (Å²) in [6, 6.07) is 5.73. The number of hydrogen-bond donors (Lipinski definition) is 1. The molecular formula is C14H21N3O. The van der Waals surface area contributed by atoms with Gasteiger partial charge in [-0.2, -0.15) is 0 Å². The molecule has 2 N–H and O–H groups in total. The van der Waals surface area contributed by atoms with Crippen molar-refractivity contribution in [3.05, 3.63) is 23.8 Å². The molecule has 0 unspecified atom stereocenters. The molecule has 4 nitrogen and oxygen atoms in total. The Morgan fingerprint density at radius 3 is 2.72 bits per heavy atom. The lowest BCUT2D eigenvalue weighted by Gasteiger charge is -2.23. The van der Waals surface area contributed by atoms with Crippen molar-refractivity contribution in [2.45, 2.75) is 20.3 Å². The van der Waals surface area contributed by atoms with E-state index in [2.05, 4.69) is 18.7 Å². The maximum absolute atomic E-state index is 12.0. The van der Waals surface area contributed by atoms with Gasteiger partial charge in [0.25, 0.3) is 0 Å². The minimum absolute atomic E-state index is 0.183. The molecule has 2 rings (SSSR count). The van der Waals surface area contributed by atoms with Crippen molar-refractivity contribution in [1.82, 2.24) is 4.90 Å². The van der Waals surface area contributed by atoms with Gasteiger partial charge >= 0.3 is 0 Å². The second-order valence-corrected chi connectivity index (χ2v) is 4.64. The molecule has 0 spiro atoms. The number of nitrogens with zero attached hydrogens (tertiary/aromatic N) is 2. The second-order valence-electron chi connectivity index (χ2n) is 4.64. The summed E-state index contributed by atoms with van der Waals surface area (Å²) in [6.45, 7) is 8.01. The van der Waals surface area contributed by atoms with E-state index in [1.54, 1.807) is 0 Å². The molecule has 98 valence electrons. The highest BCUT2D eigenvalue weighted by molar-refractivity contribution is 6.01. The fraction of sp³-hybridized carbons (Fsp3) is 0.500. The van der Waals surface area contributed by atoms with Crippen molar-refractivity contribution >= 4 is 17.3 Å². The van der Waals surface area contributed by atoms with E-state index in [-0.39, 0.29) is 5.91 Å². The van der Waals surface area contributed by atoms with Crippen molar-refractivity contribution in [2.24, 2.45) is 0 Å². The predicted molar refractivity (Wildman–Crippen MR) is 74.7 cm³/mol. The van der Waals surface area contributed by atoms with E-state index >= 15 is 0 Å². The highest BCUT2D eigenvalue weighted by atomic mass is 16.2. The molecule has 1 amide bonds. The number of benzene rings is 1. The zero-order valence-corrected chi connectivity index (χ0v) is 11.1. The molecule has 1 aliphatic heterocycles. The van der Waals surface area contributed by atoms with Crippen LogP contribution in [0.15, 0.2) is 18.2 Å². The summed E-state index contributed by atoms with van der Waals surface area (Å²) in [5.74, 6) is 0.183. The Morgan fingerprint density at radius 2 is 2.06 bits per heavy atom. The number of rotatable bonds is 5. The van der Waals surface area contributed by atoms with Gasteiger partial charge in [0.1, 0.15) is 0 Å². The van der Waals surface area contributed by atoms with Crippen LogP contribution in [0.2, 0.25) is 0 Å². The van der Waals surface area contributed by atoms with Crippen LogP contribution < -0.4 is 10.6 Å². The number of hydrogen-bond acceptors (Lipinski definition) is 3. The summed E-state index contributed by atoms with van der Waals surface area (Å²) >= 11 is 0. The molecule has 0 atom stereocenters. The predicted octanol–water partition coefficient (Wildman–Crippen LogP) is 1.50. The Bertz CT molecular complexity index is 441. The highest BCUT2D eigenvalue weighted by Crippen LogP contribution is 2.30. The maximum atomic E-state index is 12.0. The van der Waals surface area contributed by atoms with Crippen molar-refractivity contribution in [3.8, 4) is 0 Å². The summed E-state index contributed by atoms with van der Waals surface area (Å²) in [5, 5.41) is 0. The van der Waals surface area contributed by atoms with Gasteiger partial charge in [-0.15, -0.1) is 0 Å². The van der Waals surface area contributed by atoms with Gasteiger partial charge in [0.05, 0.1) is 6.42 Å². The van der Waals surface area contributed by atoms with E-state index in [0.29, 0.717) is 6.42 Å². The van der Waals surface area contributed by atoms with Gasteiger partial charge in [-0.1, -0.05) is 13.8 Å². The Balaban J connectivity index is 2.08. The molecule has 1 aliphatic rings. The van der Waals surface area contributed by atoms with Gasteiger partial charge in [0, 0.05) is 24.5 Å². The lowest BCUT2D eigenvalue weighted by molar-refractivity contribution is -0.117. The van der Waals surface area contributed by atoms with Crippen LogP contribution in [0.3, 0.4) is 0 Å². The van der Waals surface area contributed by atoms with Crippen LogP contribution in [0.25, 0.3) is 0 Å². The number of likely N-dealkylation sites (N-methyl/N-ethyl adjacent to an activating group) is 1. The van der Waals surface area contributed by atoms with E-state index in [1.165, 1.54) is 0 Å². The number of amides is 1. The topological polar surface area (TPSA) is 49.6 Å². The average molecular weight is 247 g/mol. The lowest BCUT2D eigenvalue weighted by Crippen LogP contribution is -2.36. The third-order valence-electron chi connectivity index (χ3n) is 3.57. The Hall–Kier alpha value is -1.55. The quantitative estimate of drug-likeness (QED) is 0.802. The number of anilines is 2. The normalized spacial score (nSPS) is 14.4. The Kier molecular flexibility index (Phi) is 3.87. The smallest absolute Gasteiger partial charge is 0.231 e. The van der Waals surface area contributed by atoms with Crippen LogP contribution >= 0.6 is 0 Å². The largest absolute Gasteiger partial charge is 0.399 e. The second kappa shape index (κ2) is 5.40. The zero-order chi connectivity index (χ0) is 13.1. The summed E-state index contributed by atoms with van der Waals surface area (Å²) in [6.07, 6.45) is 0.485. The molecule has 18 heavy (non-hydrogen) atoms. The maximum Gasteiger partial charge on any atom is 0.231 e. The van der Waals surface area contributed by atoms with Crippen molar-refractivity contribution in [3.63, 3.8) is 0 Å². The molecule has 1 heterocycles. The first kappa shape index (κ1) is 12.9. The van der Waals surface area contributed by atoms with Crippen LogP contribution in [0, 0.1) is 0 Å². The molecule has 0 bridgehead atoms. The van der Waals surface area contributed by atoms with E-state index in [9.17, 15) is 4.79 Å². The van der Waals surface area contributed by atoms with Gasteiger partial charge in [-0.25, -0.2) is 0 Å². The number of carbonyl (C=O) groups is 1. The Morgan fingerprint density at radius 1 is 1.33 bits per heavy atom. The first-order valence-electron chi connectivity index (χ1n) is 6.56. The third kappa shape index (κ3) is 2.48.